The van der Waals surface area contributed by atoms with Gasteiger partial charge in [0.2, 0.25) is 0 Å². The quantitative estimate of drug-likeness (QED) is 0.579. The van der Waals surface area contributed by atoms with Gasteiger partial charge >= 0.3 is 11.7 Å². The van der Waals surface area contributed by atoms with Crippen LogP contribution in [-0.4, -0.2) is 28.5 Å². The number of ether oxygens (including phenoxy) is 1. The van der Waals surface area contributed by atoms with Crippen molar-refractivity contribution in [1.29, 1.82) is 0 Å². The summed E-state index contributed by atoms with van der Waals surface area (Å²) < 4.78 is 9.88. The van der Waals surface area contributed by atoms with E-state index in [2.05, 4.69) is 4.74 Å². The van der Waals surface area contributed by atoms with E-state index in [1.165, 1.54) is 18.2 Å². The second-order valence-electron chi connectivity index (χ2n) is 3.29. The lowest BCUT2D eigenvalue weighted by Gasteiger charge is -1.97. The van der Waals surface area contributed by atoms with Crippen LogP contribution in [0.3, 0.4) is 0 Å². The first kappa shape index (κ1) is 11.9. The van der Waals surface area contributed by atoms with E-state index in [0.717, 1.165) is 0 Å². The average molecular weight is 252 g/mol. The molecule has 2 rings (SSSR count). The minimum Gasteiger partial charge on any atom is -0.449 e. The number of carbonyl (C=O) groups excluding carboxylic acids is 1. The van der Waals surface area contributed by atoms with Crippen LogP contribution < -0.4 is 16.0 Å². The van der Waals surface area contributed by atoms with Crippen molar-refractivity contribution in [2.24, 2.45) is 5.73 Å². The Morgan fingerprint density at radius 1 is 1.44 bits per heavy atom. The molecule has 1 heterocycles. The summed E-state index contributed by atoms with van der Waals surface area (Å²) >= 11 is 0. The largest absolute Gasteiger partial charge is 0.511 e. The number of carboxylic acid groups (broad SMARTS) is 1. The van der Waals surface area contributed by atoms with Crippen molar-refractivity contribution in [3.63, 3.8) is 0 Å². The highest BCUT2D eigenvalue weighted by atomic mass is 16.7. The molecule has 3 N–H and O–H groups in total. The summed E-state index contributed by atoms with van der Waals surface area (Å²) in [6.07, 6.45) is -1.57. The van der Waals surface area contributed by atoms with E-state index in [9.17, 15) is 14.4 Å². The van der Waals surface area contributed by atoms with Crippen molar-refractivity contribution in [2.75, 3.05) is 6.54 Å². The number of benzene rings is 1. The predicted octanol–water partition coefficient (Wildman–Crippen LogP) is 0.250. The van der Waals surface area contributed by atoms with Gasteiger partial charge in [0.05, 0.1) is 6.54 Å². The highest BCUT2D eigenvalue weighted by Gasteiger charge is 2.19. The molecule has 0 atom stereocenters. The lowest BCUT2D eigenvalue weighted by molar-refractivity contribution is 0.0811. The molecule has 1 aromatic carbocycles. The van der Waals surface area contributed by atoms with Gasteiger partial charge in [0.25, 0.3) is 5.91 Å². The van der Waals surface area contributed by atoms with Crippen LogP contribution in [0, 0.1) is 0 Å². The standard InChI is InChI=1S/C10H8N2O6/c11-4-7(13)12-9(14)8-5(17-10(15)16)2-1-3-6(8)18-12/h1-3H,4,11H2,(H,15,16). The van der Waals surface area contributed by atoms with Crippen molar-refractivity contribution >= 4 is 23.0 Å². The molecular formula is C10H8N2O6. The summed E-state index contributed by atoms with van der Waals surface area (Å²) in [7, 11) is 0. The van der Waals surface area contributed by atoms with Gasteiger partial charge < -0.3 is 20.1 Å². The number of aromatic nitrogens is 1. The molecule has 2 aromatic rings. The SMILES string of the molecule is NCC(=O)n1oc2cccc(OC(=O)O)c2c1=O. The average Bonchev–Trinajstić information content (AvgIpc) is 2.66. The third-order valence-corrected chi connectivity index (χ3v) is 2.17. The summed E-state index contributed by atoms with van der Waals surface area (Å²) in [6.45, 7) is -0.408. The molecule has 0 unspecified atom stereocenters. The first-order chi connectivity index (χ1) is 8.54. The monoisotopic (exact) mass is 252 g/mol. The number of fused-ring (bicyclic) bond motifs is 1. The number of rotatable bonds is 2. The fourth-order valence-electron chi connectivity index (χ4n) is 1.47. The maximum atomic E-state index is 11.9. The number of nitrogens with two attached hydrogens (primary N) is 1. The number of hydrogen-bond acceptors (Lipinski definition) is 6. The Hall–Kier alpha value is -2.61. The lowest BCUT2D eigenvalue weighted by Crippen LogP contribution is -2.28. The molecular weight excluding hydrogens is 244 g/mol. The summed E-state index contributed by atoms with van der Waals surface area (Å²) in [4.78, 5) is 33.6. The van der Waals surface area contributed by atoms with Crippen molar-refractivity contribution in [3.05, 3.63) is 28.6 Å². The maximum Gasteiger partial charge on any atom is 0.511 e. The van der Waals surface area contributed by atoms with Gasteiger partial charge in [-0.1, -0.05) is 10.8 Å². The summed E-state index contributed by atoms with van der Waals surface area (Å²) in [5.74, 6) is -0.935. The number of carbonyl (C=O) groups is 2. The van der Waals surface area contributed by atoms with Crippen LogP contribution in [0.5, 0.6) is 5.75 Å². The molecule has 0 bridgehead atoms. The Bertz CT molecular complexity index is 683. The van der Waals surface area contributed by atoms with E-state index in [4.69, 9.17) is 15.4 Å². The van der Waals surface area contributed by atoms with Crippen molar-refractivity contribution in [1.82, 2.24) is 4.74 Å². The third kappa shape index (κ3) is 1.84. The first-order valence-corrected chi connectivity index (χ1v) is 4.83. The zero-order chi connectivity index (χ0) is 13.3. The smallest absolute Gasteiger partial charge is 0.449 e. The van der Waals surface area contributed by atoms with Crippen LogP contribution in [0.15, 0.2) is 27.5 Å². The van der Waals surface area contributed by atoms with Crippen LogP contribution in [-0.2, 0) is 0 Å². The second-order valence-corrected chi connectivity index (χ2v) is 3.29. The molecule has 0 amide bonds. The lowest BCUT2D eigenvalue weighted by atomic mass is 10.2. The van der Waals surface area contributed by atoms with Gasteiger partial charge in [0.15, 0.2) is 11.3 Å². The van der Waals surface area contributed by atoms with Gasteiger partial charge in [-0.15, -0.1) is 0 Å². The molecule has 0 aliphatic carbocycles. The van der Waals surface area contributed by atoms with Crippen molar-refractivity contribution < 1.29 is 24.0 Å². The predicted molar refractivity (Wildman–Crippen MR) is 58.8 cm³/mol. The van der Waals surface area contributed by atoms with Crippen LogP contribution in [0.2, 0.25) is 0 Å². The minimum atomic E-state index is -1.57. The Labute approximate surface area is 99.1 Å². The van der Waals surface area contributed by atoms with Gasteiger partial charge in [-0.3, -0.25) is 9.59 Å². The van der Waals surface area contributed by atoms with Gasteiger partial charge in [-0.2, -0.15) is 0 Å². The maximum absolute atomic E-state index is 11.9. The van der Waals surface area contributed by atoms with Gasteiger partial charge in [-0.05, 0) is 12.1 Å². The molecule has 0 fully saturated rings. The van der Waals surface area contributed by atoms with Crippen LogP contribution >= 0.6 is 0 Å². The zero-order valence-corrected chi connectivity index (χ0v) is 8.95. The van der Waals surface area contributed by atoms with Crippen molar-refractivity contribution in [3.8, 4) is 5.75 Å². The Balaban J connectivity index is 2.69. The topological polar surface area (TPSA) is 125 Å². The Kier molecular flexibility index (Phi) is 2.86. The summed E-state index contributed by atoms with van der Waals surface area (Å²) in [5.41, 5.74) is 4.35. The highest BCUT2D eigenvalue weighted by molar-refractivity contribution is 5.88. The van der Waals surface area contributed by atoms with E-state index < -0.39 is 24.2 Å². The molecule has 8 heteroatoms. The first-order valence-electron chi connectivity index (χ1n) is 4.83. The van der Waals surface area contributed by atoms with Crippen LogP contribution in [0.1, 0.15) is 4.79 Å². The molecule has 0 saturated carbocycles. The zero-order valence-electron chi connectivity index (χ0n) is 8.95. The summed E-state index contributed by atoms with van der Waals surface area (Å²) in [5, 5.41) is 8.41. The van der Waals surface area contributed by atoms with Gasteiger partial charge in [-0.25, -0.2) is 4.79 Å². The molecule has 0 aliphatic rings. The number of hydrogen-bond donors (Lipinski definition) is 2. The van der Waals surface area contributed by atoms with Gasteiger partial charge in [0, 0.05) is 0 Å². The molecule has 18 heavy (non-hydrogen) atoms. The van der Waals surface area contributed by atoms with E-state index in [1.807, 2.05) is 0 Å². The van der Waals surface area contributed by atoms with E-state index in [0.29, 0.717) is 4.74 Å². The molecule has 0 saturated heterocycles. The molecule has 94 valence electrons. The van der Waals surface area contributed by atoms with E-state index in [-0.39, 0.29) is 16.7 Å². The van der Waals surface area contributed by atoms with Crippen LogP contribution in [0.25, 0.3) is 11.0 Å². The molecule has 0 radical (unpaired) electrons. The van der Waals surface area contributed by atoms with E-state index >= 15 is 0 Å². The molecule has 0 spiro atoms. The summed E-state index contributed by atoms with van der Waals surface area (Å²) in [6, 6.07) is 4.12. The third-order valence-electron chi connectivity index (χ3n) is 2.17. The second kappa shape index (κ2) is 4.34. The molecule has 0 aliphatic heterocycles. The number of nitrogens with zero attached hydrogens (tertiary/aromatic N) is 1. The fourth-order valence-corrected chi connectivity index (χ4v) is 1.47. The molecule has 8 nitrogen and oxygen atoms in total. The normalized spacial score (nSPS) is 10.5. The van der Waals surface area contributed by atoms with Gasteiger partial charge in [0.1, 0.15) is 5.39 Å². The van der Waals surface area contributed by atoms with Crippen molar-refractivity contribution in [2.45, 2.75) is 0 Å². The fraction of sp³-hybridized carbons (Fsp3) is 0.100. The highest BCUT2D eigenvalue weighted by Crippen LogP contribution is 2.22. The Morgan fingerprint density at radius 2 is 2.17 bits per heavy atom. The minimum absolute atomic E-state index is 0.0422. The van der Waals surface area contributed by atoms with Crippen LogP contribution in [0.4, 0.5) is 4.79 Å². The Morgan fingerprint density at radius 3 is 2.78 bits per heavy atom. The molecule has 1 aromatic heterocycles. The van der Waals surface area contributed by atoms with E-state index in [1.54, 1.807) is 0 Å².